The highest BCUT2D eigenvalue weighted by atomic mass is 16.6. The Kier molecular flexibility index (Phi) is 6.73. The van der Waals surface area contributed by atoms with Crippen molar-refractivity contribution in [2.45, 2.75) is 25.3 Å². The van der Waals surface area contributed by atoms with Crippen LogP contribution in [0.1, 0.15) is 42.0 Å². The van der Waals surface area contributed by atoms with Crippen molar-refractivity contribution < 1.29 is 9.72 Å². The summed E-state index contributed by atoms with van der Waals surface area (Å²) < 4.78 is 0. The predicted octanol–water partition coefficient (Wildman–Crippen LogP) is 6.32. The molecule has 0 unspecified atom stereocenters. The Morgan fingerprint density at radius 3 is 2.32 bits per heavy atom. The highest BCUT2D eigenvalue weighted by Crippen LogP contribution is 2.44. The van der Waals surface area contributed by atoms with Gasteiger partial charge >= 0.3 is 0 Å². The summed E-state index contributed by atoms with van der Waals surface area (Å²) in [6, 6.07) is 27.3. The molecule has 0 N–H and O–H groups in total. The van der Waals surface area contributed by atoms with E-state index in [0.29, 0.717) is 5.56 Å². The lowest BCUT2D eigenvalue weighted by atomic mass is 9.77. The quantitative estimate of drug-likeness (QED) is 0.181. The van der Waals surface area contributed by atoms with Gasteiger partial charge in [-0.25, -0.2) is 5.01 Å². The van der Waals surface area contributed by atoms with Crippen molar-refractivity contribution in [2.75, 3.05) is 0 Å². The van der Waals surface area contributed by atoms with Crippen molar-refractivity contribution in [1.82, 2.24) is 5.01 Å². The van der Waals surface area contributed by atoms with Crippen molar-refractivity contribution in [1.29, 1.82) is 5.26 Å². The van der Waals surface area contributed by atoms with Gasteiger partial charge < -0.3 is 0 Å². The molecule has 0 bridgehead atoms. The van der Waals surface area contributed by atoms with Gasteiger partial charge in [-0.15, -0.1) is 0 Å². The second kappa shape index (κ2) is 10.4. The van der Waals surface area contributed by atoms with Gasteiger partial charge in [-0.05, 0) is 65.8 Å². The van der Waals surface area contributed by atoms with E-state index in [1.165, 1.54) is 35.4 Å². The summed E-state index contributed by atoms with van der Waals surface area (Å²) in [6.45, 7) is 0. The van der Waals surface area contributed by atoms with Crippen LogP contribution in [0, 0.1) is 27.4 Å². The average Bonchev–Trinajstić information content (AvgIpc) is 3.33. The number of nitrogens with zero attached hydrogens (tertiary/aromatic N) is 4. The molecule has 2 aliphatic rings. The third-order valence-corrected chi connectivity index (χ3v) is 6.76. The normalized spacial score (nSPS) is 20.2. The molecule has 0 aromatic heterocycles. The second-order valence-corrected chi connectivity index (χ2v) is 9.09. The van der Waals surface area contributed by atoms with E-state index >= 15 is 0 Å². The minimum Gasteiger partial charge on any atom is -0.266 e. The molecule has 0 spiro atoms. The van der Waals surface area contributed by atoms with Crippen LogP contribution in [0.5, 0.6) is 0 Å². The van der Waals surface area contributed by atoms with E-state index in [2.05, 4.69) is 6.08 Å². The molecule has 37 heavy (non-hydrogen) atoms. The number of benzene rings is 3. The van der Waals surface area contributed by atoms with Crippen LogP contribution < -0.4 is 0 Å². The number of nitro benzene ring substituents is 1. The first-order valence-electron chi connectivity index (χ1n) is 12.1. The number of non-ortho nitro benzene ring substituents is 1. The van der Waals surface area contributed by atoms with Crippen LogP contribution in [0.25, 0.3) is 12.2 Å². The summed E-state index contributed by atoms with van der Waals surface area (Å²) in [5.41, 5.74) is 4.44. The molecule has 0 radical (unpaired) electrons. The van der Waals surface area contributed by atoms with Crippen LogP contribution in [0.2, 0.25) is 0 Å². The largest absolute Gasteiger partial charge is 0.285 e. The highest BCUT2D eigenvalue weighted by Gasteiger charge is 2.44. The van der Waals surface area contributed by atoms with E-state index in [9.17, 15) is 20.2 Å². The molecule has 2 atom stereocenters. The van der Waals surface area contributed by atoms with Gasteiger partial charge in [-0.1, -0.05) is 60.7 Å². The van der Waals surface area contributed by atoms with E-state index in [-0.39, 0.29) is 23.2 Å². The van der Waals surface area contributed by atoms with Crippen LogP contribution in [0.15, 0.2) is 101 Å². The molecular weight excluding hydrogens is 464 g/mol. The van der Waals surface area contributed by atoms with E-state index < -0.39 is 10.8 Å². The first kappa shape index (κ1) is 23.9. The zero-order valence-electron chi connectivity index (χ0n) is 20.0. The molecule has 7 nitrogen and oxygen atoms in total. The fourth-order valence-electron chi connectivity index (χ4n) is 5.03. The molecule has 0 saturated heterocycles. The standard InChI is InChI=1S/C30H24N4O3/c31-20-25(19-22-14-16-26(17-15-22)34(36)37)30(35)33-29(23-10-5-2-6-11-23)27-13-7-12-24(28(27)32-33)18-21-8-3-1-4-9-21/h1-6,8-11,14-19,27,29H,7,12-13H2/b24-18+,25-19-/t27-,29-/m0/s1. The zero-order chi connectivity index (χ0) is 25.8. The van der Waals surface area contributed by atoms with Crippen LogP contribution >= 0.6 is 0 Å². The number of fused-ring (bicyclic) bond motifs is 1. The number of nitro groups is 1. The van der Waals surface area contributed by atoms with Crippen molar-refractivity contribution in [2.24, 2.45) is 11.0 Å². The van der Waals surface area contributed by atoms with Crippen molar-refractivity contribution >= 4 is 29.5 Å². The summed E-state index contributed by atoms with van der Waals surface area (Å²) in [4.78, 5) is 24.2. The molecule has 1 aliphatic carbocycles. The van der Waals surface area contributed by atoms with Gasteiger partial charge in [0.2, 0.25) is 0 Å². The van der Waals surface area contributed by atoms with Crippen LogP contribution in [0.3, 0.4) is 0 Å². The third kappa shape index (κ3) is 4.95. The lowest BCUT2D eigenvalue weighted by Gasteiger charge is -2.29. The van der Waals surface area contributed by atoms with Crippen LogP contribution in [-0.2, 0) is 4.79 Å². The molecule has 1 fully saturated rings. The Hall–Kier alpha value is -4.83. The van der Waals surface area contributed by atoms with Crippen molar-refractivity contribution in [3.05, 3.63) is 123 Å². The molecule has 5 rings (SSSR count). The number of allylic oxidation sites excluding steroid dienone is 1. The Balaban J connectivity index is 1.54. The van der Waals surface area contributed by atoms with Gasteiger partial charge in [0.25, 0.3) is 11.6 Å². The van der Waals surface area contributed by atoms with Gasteiger partial charge in [0, 0.05) is 18.1 Å². The van der Waals surface area contributed by atoms with E-state index in [1.54, 1.807) is 0 Å². The number of hydrogen-bond donors (Lipinski definition) is 0. The Morgan fingerprint density at radius 2 is 1.68 bits per heavy atom. The first-order chi connectivity index (χ1) is 18.0. The summed E-state index contributed by atoms with van der Waals surface area (Å²) in [5.74, 6) is -0.468. The van der Waals surface area contributed by atoms with E-state index in [4.69, 9.17) is 5.10 Å². The van der Waals surface area contributed by atoms with Gasteiger partial charge in [0.1, 0.15) is 11.6 Å². The zero-order valence-corrected chi connectivity index (χ0v) is 20.0. The molecule has 3 aromatic rings. The number of rotatable bonds is 5. The highest BCUT2D eigenvalue weighted by molar-refractivity contribution is 6.10. The average molecular weight is 489 g/mol. The summed E-state index contributed by atoms with van der Waals surface area (Å²) in [6.07, 6.45) is 6.34. The van der Waals surface area contributed by atoms with Crippen LogP contribution in [0.4, 0.5) is 5.69 Å². The molecule has 182 valence electrons. The molecule has 1 heterocycles. The van der Waals surface area contributed by atoms with E-state index in [1.807, 2.05) is 66.7 Å². The summed E-state index contributed by atoms with van der Waals surface area (Å²) in [7, 11) is 0. The molecule has 1 saturated carbocycles. The number of carbonyl (C=O) groups is 1. The fraction of sp³-hybridized carbons (Fsp3) is 0.167. The fourth-order valence-corrected chi connectivity index (χ4v) is 5.03. The Labute approximate surface area is 214 Å². The molecule has 7 heteroatoms. The van der Waals surface area contributed by atoms with Crippen molar-refractivity contribution in [3.63, 3.8) is 0 Å². The maximum atomic E-state index is 13.7. The summed E-state index contributed by atoms with van der Waals surface area (Å²) in [5, 5.41) is 27.2. The minimum absolute atomic E-state index is 0.0226. The number of hydrogen-bond acceptors (Lipinski definition) is 5. The minimum atomic E-state index is -0.490. The second-order valence-electron chi connectivity index (χ2n) is 9.09. The van der Waals surface area contributed by atoms with Crippen LogP contribution in [-0.4, -0.2) is 21.6 Å². The Morgan fingerprint density at radius 1 is 1.00 bits per heavy atom. The summed E-state index contributed by atoms with van der Waals surface area (Å²) >= 11 is 0. The molecule has 3 aromatic carbocycles. The molecule has 1 amide bonds. The smallest absolute Gasteiger partial charge is 0.266 e. The lowest BCUT2D eigenvalue weighted by Crippen LogP contribution is -2.32. The number of carbonyl (C=O) groups excluding carboxylic acids is 1. The third-order valence-electron chi connectivity index (χ3n) is 6.76. The van der Waals surface area contributed by atoms with Gasteiger partial charge in [0.15, 0.2) is 0 Å². The van der Waals surface area contributed by atoms with Crippen molar-refractivity contribution in [3.8, 4) is 6.07 Å². The lowest BCUT2D eigenvalue weighted by molar-refractivity contribution is -0.384. The van der Waals surface area contributed by atoms with Gasteiger partial charge in [-0.2, -0.15) is 10.4 Å². The number of nitriles is 1. The maximum absolute atomic E-state index is 13.7. The van der Waals surface area contributed by atoms with Gasteiger partial charge in [0.05, 0.1) is 16.7 Å². The molecule has 1 aliphatic heterocycles. The predicted molar refractivity (Wildman–Crippen MR) is 142 cm³/mol. The van der Waals surface area contributed by atoms with E-state index in [0.717, 1.165) is 41.7 Å². The molecular formula is C30H24N4O3. The monoisotopic (exact) mass is 488 g/mol. The topological polar surface area (TPSA) is 99.6 Å². The van der Waals surface area contributed by atoms with Gasteiger partial charge in [-0.3, -0.25) is 14.9 Å². The Bertz CT molecular complexity index is 1450. The first-order valence-corrected chi connectivity index (χ1v) is 12.1. The maximum Gasteiger partial charge on any atom is 0.285 e. The number of amides is 1. The number of hydrazone groups is 1. The SMILES string of the molecule is N#C/C(=C/c1ccc([N+](=O)[O-])cc1)C(=O)N1N=C2/C(=C/c3ccccc3)CCC[C@@H]2[C@@H]1c1ccccc1.